The van der Waals surface area contributed by atoms with Gasteiger partial charge in [-0.3, -0.25) is 4.79 Å². The molecule has 0 bridgehead atoms. The molecule has 0 aromatic carbocycles. The van der Waals surface area contributed by atoms with Crippen LogP contribution in [0.2, 0.25) is 0 Å². The molecule has 0 aliphatic heterocycles. The summed E-state index contributed by atoms with van der Waals surface area (Å²) in [5.41, 5.74) is 7.94. The Hall–Kier alpha value is -1.82. The summed E-state index contributed by atoms with van der Waals surface area (Å²) >= 11 is 0. The van der Waals surface area contributed by atoms with Gasteiger partial charge in [0, 0.05) is 24.5 Å². The minimum absolute atomic E-state index is 0.341. The Morgan fingerprint density at radius 2 is 2.25 bits per heavy atom. The Balaban J connectivity index is 2.64. The number of nitrogens with zero attached hydrogens (tertiary/aromatic N) is 1. The van der Waals surface area contributed by atoms with E-state index >= 15 is 0 Å². The van der Waals surface area contributed by atoms with E-state index in [1.54, 1.807) is 32.2 Å². The molecule has 6 heteroatoms. The first-order valence-corrected chi connectivity index (χ1v) is 4.92. The van der Waals surface area contributed by atoms with Crippen molar-refractivity contribution in [1.29, 1.82) is 0 Å². The van der Waals surface area contributed by atoms with Gasteiger partial charge in [0.15, 0.2) is 0 Å². The molecule has 0 radical (unpaired) electrons. The summed E-state index contributed by atoms with van der Waals surface area (Å²) in [6.07, 6.45) is 1.62. The van der Waals surface area contributed by atoms with Crippen LogP contribution in [-0.2, 0) is 4.79 Å². The zero-order chi connectivity index (χ0) is 12.2. The lowest BCUT2D eigenvalue weighted by molar-refractivity contribution is -0.125. The molecule has 1 aromatic rings. The molecule has 1 aromatic heterocycles. The van der Waals surface area contributed by atoms with E-state index in [1.165, 1.54) is 0 Å². The average molecular weight is 223 g/mol. The summed E-state index contributed by atoms with van der Waals surface area (Å²) in [7, 11) is 0. The Bertz CT molecular complexity index is 377. The van der Waals surface area contributed by atoms with Gasteiger partial charge in [0.2, 0.25) is 5.91 Å². The van der Waals surface area contributed by atoms with Crippen LogP contribution in [0.5, 0.6) is 0 Å². The van der Waals surface area contributed by atoms with Crippen LogP contribution in [0.4, 0.5) is 11.5 Å². The Morgan fingerprint density at radius 3 is 2.81 bits per heavy atom. The van der Waals surface area contributed by atoms with Crippen LogP contribution in [0.25, 0.3) is 0 Å². The van der Waals surface area contributed by atoms with Crippen LogP contribution < -0.4 is 22.3 Å². The van der Waals surface area contributed by atoms with E-state index < -0.39 is 5.41 Å². The maximum absolute atomic E-state index is 11.1. The number of nitrogen functional groups attached to an aromatic ring is 1. The topological polar surface area (TPSA) is 106 Å². The van der Waals surface area contributed by atoms with Crippen molar-refractivity contribution in [2.24, 2.45) is 17.0 Å². The Labute approximate surface area is 94.4 Å². The molecule has 88 valence electrons. The normalized spacial score (nSPS) is 10.9. The summed E-state index contributed by atoms with van der Waals surface area (Å²) in [6, 6.07) is 3.54. The van der Waals surface area contributed by atoms with Crippen LogP contribution in [0.15, 0.2) is 18.3 Å². The maximum atomic E-state index is 11.1. The largest absolute Gasteiger partial charge is 0.384 e. The minimum atomic E-state index is -0.598. The van der Waals surface area contributed by atoms with Crippen LogP contribution >= 0.6 is 0 Å². The Kier molecular flexibility index (Phi) is 3.68. The fourth-order valence-electron chi connectivity index (χ4n) is 1.03. The van der Waals surface area contributed by atoms with Gasteiger partial charge in [0.05, 0.1) is 5.41 Å². The number of carbonyl (C=O) groups is 1. The number of pyridine rings is 1. The molecular formula is C10H17N5O. The van der Waals surface area contributed by atoms with Gasteiger partial charge in [-0.15, -0.1) is 0 Å². The van der Waals surface area contributed by atoms with Crippen LogP contribution in [-0.4, -0.2) is 17.4 Å². The lowest BCUT2D eigenvalue weighted by Gasteiger charge is -2.21. The van der Waals surface area contributed by atoms with Crippen molar-refractivity contribution in [2.75, 3.05) is 17.3 Å². The van der Waals surface area contributed by atoms with E-state index in [4.69, 9.17) is 11.6 Å². The predicted octanol–water partition coefficient (Wildman–Crippen LogP) is 0.291. The number of amides is 1. The number of primary amides is 1. The summed E-state index contributed by atoms with van der Waals surface area (Å²) in [4.78, 5) is 15.1. The first-order valence-electron chi connectivity index (χ1n) is 4.92. The van der Waals surface area contributed by atoms with Crippen molar-refractivity contribution in [3.05, 3.63) is 18.3 Å². The molecule has 1 amide bonds. The fourth-order valence-corrected chi connectivity index (χ4v) is 1.03. The second-order valence-corrected chi connectivity index (χ2v) is 4.18. The molecule has 0 atom stereocenters. The molecule has 0 spiro atoms. The lowest BCUT2D eigenvalue weighted by Crippen LogP contribution is -2.37. The summed E-state index contributed by atoms with van der Waals surface area (Å²) in [5, 5.41) is 3.10. The fraction of sp³-hybridized carbons (Fsp3) is 0.400. The van der Waals surface area contributed by atoms with Gasteiger partial charge in [0.1, 0.15) is 5.82 Å². The van der Waals surface area contributed by atoms with Crippen molar-refractivity contribution in [3.8, 4) is 0 Å². The van der Waals surface area contributed by atoms with Crippen molar-refractivity contribution in [1.82, 2.24) is 4.98 Å². The van der Waals surface area contributed by atoms with Gasteiger partial charge < -0.3 is 16.5 Å². The quantitative estimate of drug-likeness (QED) is 0.424. The number of rotatable bonds is 5. The van der Waals surface area contributed by atoms with Gasteiger partial charge in [-0.1, -0.05) is 0 Å². The molecule has 0 saturated heterocycles. The predicted molar refractivity (Wildman–Crippen MR) is 63.5 cm³/mol. The smallest absolute Gasteiger partial charge is 0.224 e. The lowest BCUT2D eigenvalue weighted by atomic mass is 9.93. The number of hydrogen-bond donors (Lipinski definition) is 4. The van der Waals surface area contributed by atoms with Gasteiger partial charge >= 0.3 is 0 Å². The third-order valence-corrected chi connectivity index (χ3v) is 2.31. The van der Waals surface area contributed by atoms with E-state index in [9.17, 15) is 4.79 Å². The maximum Gasteiger partial charge on any atom is 0.224 e. The van der Waals surface area contributed by atoms with Crippen LogP contribution in [0, 0.1) is 5.41 Å². The Morgan fingerprint density at radius 1 is 1.56 bits per heavy atom. The molecule has 6 nitrogen and oxygen atoms in total. The number of aromatic nitrogens is 1. The molecule has 1 rings (SSSR count). The van der Waals surface area contributed by atoms with Crippen molar-refractivity contribution >= 4 is 17.4 Å². The average Bonchev–Trinajstić information content (AvgIpc) is 2.26. The van der Waals surface area contributed by atoms with E-state index in [0.717, 1.165) is 5.69 Å². The second-order valence-electron chi connectivity index (χ2n) is 4.18. The van der Waals surface area contributed by atoms with Crippen LogP contribution in [0.3, 0.4) is 0 Å². The molecule has 0 aliphatic carbocycles. The minimum Gasteiger partial charge on any atom is -0.384 e. The highest BCUT2D eigenvalue weighted by atomic mass is 16.1. The van der Waals surface area contributed by atoms with Crippen LogP contribution in [0.1, 0.15) is 13.8 Å². The molecule has 1 heterocycles. The number of hydrazine groups is 1. The zero-order valence-electron chi connectivity index (χ0n) is 9.45. The molecular weight excluding hydrogens is 206 g/mol. The number of nitrogens with one attached hydrogen (secondary N) is 2. The molecule has 16 heavy (non-hydrogen) atoms. The van der Waals surface area contributed by atoms with E-state index in [0.29, 0.717) is 12.4 Å². The van der Waals surface area contributed by atoms with E-state index in [1.807, 2.05) is 0 Å². The van der Waals surface area contributed by atoms with Gasteiger partial charge in [0.25, 0.3) is 0 Å². The third-order valence-electron chi connectivity index (χ3n) is 2.31. The van der Waals surface area contributed by atoms with E-state index in [2.05, 4.69) is 15.7 Å². The third kappa shape index (κ3) is 3.09. The highest BCUT2D eigenvalue weighted by Crippen LogP contribution is 2.17. The van der Waals surface area contributed by atoms with Crippen molar-refractivity contribution < 1.29 is 4.79 Å². The number of carbonyl (C=O) groups excluding carboxylic acids is 1. The summed E-state index contributed by atoms with van der Waals surface area (Å²) in [5.74, 6) is 5.45. The molecule has 0 fully saturated rings. The molecule has 0 unspecified atom stereocenters. The van der Waals surface area contributed by atoms with Gasteiger partial charge in [-0.2, -0.15) is 0 Å². The molecule has 6 N–H and O–H groups in total. The molecule has 0 saturated carbocycles. The standard InChI is InChI=1S/C10H17N5O/c1-10(2,9(11)16)6-14-7-3-4-13-8(5-7)15-12/h3-5H,6,12H2,1-2H3,(H2,11,16)(H2,13,14,15). The number of hydrogen-bond acceptors (Lipinski definition) is 5. The first kappa shape index (κ1) is 12.3. The highest BCUT2D eigenvalue weighted by Gasteiger charge is 2.24. The van der Waals surface area contributed by atoms with E-state index in [-0.39, 0.29) is 5.91 Å². The first-order chi connectivity index (χ1) is 7.45. The second kappa shape index (κ2) is 4.80. The number of nitrogens with two attached hydrogens (primary N) is 2. The summed E-state index contributed by atoms with van der Waals surface area (Å²) in [6.45, 7) is 4.02. The zero-order valence-corrected chi connectivity index (χ0v) is 9.45. The van der Waals surface area contributed by atoms with Gasteiger partial charge in [-0.25, -0.2) is 10.8 Å². The SMILES string of the molecule is CC(C)(CNc1ccnc(NN)c1)C(N)=O. The van der Waals surface area contributed by atoms with Crippen molar-refractivity contribution in [2.45, 2.75) is 13.8 Å². The number of anilines is 2. The van der Waals surface area contributed by atoms with Crippen molar-refractivity contribution in [3.63, 3.8) is 0 Å². The summed E-state index contributed by atoms with van der Waals surface area (Å²) < 4.78 is 0. The molecule has 0 aliphatic rings. The monoisotopic (exact) mass is 223 g/mol. The highest BCUT2D eigenvalue weighted by molar-refractivity contribution is 5.80. The van der Waals surface area contributed by atoms with Gasteiger partial charge in [-0.05, 0) is 19.9 Å².